The molecule has 2 heterocycles. The molecule has 15 heavy (non-hydrogen) atoms. The van der Waals surface area contributed by atoms with Gasteiger partial charge in [-0.25, -0.2) is 4.98 Å². The highest BCUT2D eigenvalue weighted by Gasteiger charge is 2.20. The highest BCUT2D eigenvalue weighted by molar-refractivity contribution is 9.10. The molecule has 0 N–H and O–H groups in total. The molecule has 0 amide bonds. The number of imidazole rings is 1. The summed E-state index contributed by atoms with van der Waals surface area (Å²) in [7, 11) is 0. The van der Waals surface area contributed by atoms with Crippen molar-refractivity contribution in [3.8, 4) is 0 Å². The second-order valence-electron chi connectivity index (χ2n) is 4.31. The zero-order valence-electron chi connectivity index (χ0n) is 9.24. The molecule has 1 fully saturated rings. The number of hydrogen-bond acceptors (Lipinski definition) is 2. The molecule has 1 unspecified atom stereocenters. The van der Waals surface area contributed by atoms with E-state index in [1.807, 2.05) is 6.20 Å². The lowest BCUT2D eigenvalue weighted by Crippen LogP contribution is -2.19. The van der Waals surface area contributed by atoms with Gasteiger partial charge in [0, 0.05) is 18.7 Å². The van der Waals surface area contributed by atoms with Crippen molar-refractivity contribution < 1.29 is 4.74 Å². The molecule has 0 bridgehead atoms. The Labute approximate surface area is 99.0 Å². The van der Waals surface area contributed by atoms with Crippen LogP contribution < -0.4 is 0 Å². The van der Waals surface area contributed by atoms with Gasteiger partial charge in [0.05, 0.1) is 0 Å². The van der Waals surface area contributed by atoms with Crippen LogP contribution in [0.25, 0.3) is 0 Å². The minimum atomic E-state index is 0.190. The number of rotatable bonds is 2. The van der Waals surface area contributed by atoms with Crippen LogP contribution in [0.1, 0.15) is 51.1 Å². The predicted molar refractivity (Wildman–Crippen MR) is 62.9 cm³/mol. The molecular weight excluding hydrogens is 256 g/mol. The molecule has 4 heteroatoms. The Morgan fingerprint density at radius 1 is 1.53 bits per heavy atom. The van der Waals surface area contributed by atoms with E-state index in [1.54, 1.807) is 0 Å². The van der Waals surface area contributed by atoms with E-state index >= 15 is 0 Å². The van der Waals surface area contributed by atoms with Crippen LogP contribution in [0.15, 0.2) is 10.8 Å². The van der Waals surface area contributed by atoms with Crippen molar-refractivity contribution in [2.45, 2.75) is 45.3 Å². The molecule has 1 aliphatic rings. The number of aromatic nitrogens is 2. The summed E-state index contributed by atoms with van der Waals surface area (Å²) in [5.41, 5.74) is 0. The SMILES string of the molecule is CC(C)c1nc(Br)cn1C1CCCCO1. The molecule has 0 saturated carbocycles. The minimum absolute atomic E-state index is 0.190. The van der Waals surface area contributed by atoms with Crippen LogP contribution in [0, 0.1) is 0 Å². The second kappa shape index (κ2) is 4.66. The zero-order chi connectivity index (χ0) is 10.8. The van der Waals surface area contributed by atoms with Crippen LogP contribution in [-0.4, -0.2) is 16.2 Å². The van der Waals surface area contributed by atoms with Gasteiger partial charge >= 0.3 is 0 Å². The normalized spacial score (nSPS) is 22.3. The van der Waals surface area contributed by atoms with Crippen LogP contribution in [-0.2, 0) is 4.74 Å². The monoisotopic (exact) mass is 272 g/mol. The quantitative estimate of drug-likeness (QED) is 0.825. The summed E-state index contributed by atoms with van der Waals surface area (Å²) in [5, 5.41) is 0. The van der Waals surface area contributed by atoms with Crippen LogP contribution >= 0.6 is 15.9 Å². The van der Waals surface area contributed by atoms with Gasteiger partial charge in [-0.05, 0) is 35.2 Å². The van der Waals surface area contributed by atoms with Crippen LogP contribution in [0.2, 0.25) is 0 Å². The lowest BCUT2D eigenvalue weighted by Gasteiger charge is -2.25. The largest absolute Gasteiger partial charge is 0.358 e. The number of ether oxygens (including phenoxy) is 1. The summed E-state index contributed by atoms with van der Waals surface area (Å²) in [6.07, 6.45) is 5.75. The molecule has 1 saturated heterocycles. The maximum atomic E-state index is 5.77. The Bertz CT molecular complexity index is 329. The highest BCUT2D eigenvalue weighted by atomic mass is 79.9. The van der Waals surface area contributed by atoms with Gasteiger partial charge in [0.1, 0.15) is 16.7 Å². The molecule has 1 aliphatic heterocycles. The Hall–Kier alpha value is -0.350. The topological polar surface area (TPSA) is 27.1 Å². The fourth-order valence-corrected chi connectivity index (χ4v) is 2.38. The maximum absolute atomic E-state index is 5.77. The van der Waals surface area contributed by atoms with E-state index in [0.29, 0.717) is 5.92 Å². The van der Waals surface area contributed by atoms with Crippen molar-refractivity contribution in [1.82, 2.24) is 9.55 Å². The maximum Gasteiger partial charge on any atom is 0.135 e. The van der Waals surface area contributed by atoms with Crippen molar-refractivity contribution in [2.75, 3.05) is 6.61 Å². The third-order valence-electron chi connectivity index (χ3n) is 2.71. The van der Waals surface area contributed by atoms with Crippen molar-refractivity contribution in [3.05, 3.63) is 16.6 Å². The minimum Gasteiger partial charge on any atom is -0.358 e. The Kier molecular flexibility index (Phi) is 3.46. The fourth-order valence-electron chi connectivity index (χ4n) is 1.98. The van der Waals surface area contributed by atoms with E-state index in [9.17, 15) is 0 Å². The average Bonchev–Trinajstić information content (AvgIpc) is 2.62. The zero-order valence-corrected chi connectivity index (χ0v) is 10.8. The number of nitrogens with zero attached hydrogens (tertiary/aromatic N) is 2. The molecule has 1 aromatic heterocycles. The van der Waals surface area contributed by atoms with Crippen molar-refractivity contribution in [2.24, 2.45) is 0 Å². The van der Waals surface area contributed by atoms with Gasteiger partial charge in [0.2, 0.25) is 0 Å². The second-order valence-corrected chi connectivity index (χ2v) is 5.12. The van der Waals surface area contributed by atoms with Gasteiger partial charge in [0.15, 0.2) is 0 Å². The van der Waals surface area contributed by atoms with Gasteiger partial charge < -0.3 is 9.30 Å². The van der Waals surface area contributed by atoms with Crippen LogP contribution in [0.3, 0.4) is 0 Å². The first-order chi connectivity index (χ1) is 7.18. The molecule has 2 rings (SSSR count). The third-order valence-corrected chi connectivity index (χ3v) is 3.10. The lowest BCUT2D eigenvalue weighted by atomic mass is 10.1. The van der Waals surface area contributed by atoms with Gasteiger partial charge in [-0.2, -0.15) is 0 Å². The van der Waals surface area contributed by atoms with E-state index < -0.39 is 0 Å². The Morgan fingerprint density at radius 3 is 2.93 bits per heavy atom. The van der Waals surface area contributed by atoms with Crippen molar-refractivity contribution in [3.63, 3.8) is 0 Å². The predicted octanol–water partition coefficient (Wildman–Crippen LogP) is 3.47. The van der Waals surface area contributed by atoms with Crippen molar-refractivity contribution >= 4 is 15.9 Å². The fraction of sp³-hybridized carbons (Fsp3) is 0.727. The molecular formula is C11H17BrN2O. The number of hydrogen-bond donors (Lipinski definition) is 0. The van der Waals surface area contributed by atoms with Gasteiger partial charge in [0.25, 0.3) is 0 Å². The Balaban J connectivity index is 2.25. The van der Waals surface area contributed by atoms with Gasteiger partial charge in [-0.1, -0.05) is 13.8 Å². The molecule has 1 atom stereocenters. The van der Waals surface area contributed by atoms with Gasteiger partial charge in [-0.15, -0.1) is 0 Å². The first-order valence-corrected chi connectivity index (χ1v) is 6.33. The van der Waals surface area contributed by atoms with E-state index in [-0.39, 0.29) is 6.23 Å². The molecule has 1 aromatic rings. The molecule has 0 aromatic carbocycles. The summed E-state index contributed by atoms with van der Waals surface area (Å²) in [6.45, 7) is 5.19. The highest BCUT2D eigenvalue weighted by Crippen LogP contribution is 2.28. The van der Waals surface area contributed by atoms with E-state index in [0.717, 1.165) is 23.5 Å². The molecule has 0 spiro atoms. The standard InChI is InChI=1S/C11H17BrN2O/c1-8(2)11-13-9(12)7-14(11)10-5-3-4-6-15-10/h7-8,10H,3-6H2,1-2H3. The van der Waals surface area contributed by atoms with E-state index in [4.69, 9.17) is 4.74 Å². The van der Waals surface area contributed by atoms with Gasteiger partial charge in [-0.3, -0.25) is 0 Å². The lowest BCUT2D eigenvalue weighted by molar-refractivity contribution is -0.0339. The molecule has 0 radical (unpaired) electrons. The Morgan fingerprint density at radius 2 is 2.33 bits per heavy atom. The molecule has 0 aliphatic carbocycles. The van der Waals surface area contributed by atoms with Crippen LogP contribution in [0.5, 0.6) is 0 Å². The first kappa shape index (κ1) is 11.1. The summed E-state index contributed by atoms with van der Waals surface area (Å²) in [6, 6.07) is 0. The first-order valence-electron chi connectivity index (χ1n) is 5.54. The summed E-state index contributed by atoms with van der Waals surface area (Å²) in [5.74, 6) is 1.54. The summed E-state index contributed by atoms with van der Waals surface area (Å²) >= 11 is 3.43. The van der Waals surface area contributed by atoms with Crippen molar-refractivity contribution in [1.29, 1.82) is 0 Å². The smallest absolute Gasteiger partial charge is 0.135 e. The summed E-state index contributed by atoms with van der Waals surface area (Å²) in [4.78, 5) is 4.48. The third kappa shape index (κ3) is 2.42. The number of halogens is 1. The van der Waals surface area contributed by atoms with E-state index in [2.05, 4.69) is 39.3 Å². The average molecular weight is 273 g/mol. The van der Waals surface area contributed by atoms with E-state index in [1.165, 1.54) is 12.8 Å². The summed E-state index contributed by atoms with van der Waals surface area (Å²) < 4.78 is 8.85. The molecule has 84 valence electrons. The van der Waals surface area contributed by atoms with Crippen LogP contribution in [0.4, 0.5) is 0 Å². The molecule has 3 nitrogen and oxygen atoms in total.